The van der Waals surface area contributed by atoms with Gasteiger partial charge >= 0.3 is 0 Å². The first kappa shape index (κ1) is 16.3. The van der Waals surface area contributed by atoms with Gasteiger partial charge in [-0.15, -0.1) is 0 Å². The molecule has 0 amide bonds. The zero-order chi connectivity index (χ0) is 17.2. The van der Waals surface area contributed by atoms with Crippen molar-refractivity contribution in [2.75, 3.05) is 0 Å². The van der Waals surface area contributed by atoms with Crippen LogP contribution in [0.2, 0.25) is 0 Å². The van der Waals surface area contributed by atoms with Gasteiger partial charge in [0.2, 0.25) is 5.89 Å². The maximum Gasteiger partial charge on any atom is 0.243 e. The van der Waals surface area contributed by atoms with Crippen molar-refractivity contribution in [3.63, 3.8) is 0 Å². The summed E-state index contributed by atoms with van der Waals surface area (Å²) < 4.78 is 7.63. The number of nitrogens with zero attached hydrogens (tertiary/aromatic N) is 4. The predicted molar refractivity (Wildman–Crippen MR) is 95.3 cm³/mol. The molecule has 3 aromatic heterocycles. The summed E-state index contributed by atoms with van der Waals surface area (Å²) in [6, 6.07) is 4.14. The Kier molecular flexibility index (Phi) is 4.53. The van der Waals surface area contributed by atoms with Gasteiger partial charge in [0.05, 0.1) is 17.9 Å². The Morgan fingerprint density at radius 3 is 3.00 bits per heavy atom. The van der Waals surface area contributed by atoms with Crippen LogP contribution in [0.4, 0.5) is 0 Å². The van der Waals surface area contributed by atoms with Gasteiger partial charge in [0, 0.05) is 18.7 Å². The Labute approximate surface area is 147 Å². The van der Waals surface area contributed by atoms with Crippen LogP contribution in [0.1, 0.15) is 74.0 Å². The smallest absolute Gasteiger partial charge is 0.243 e. The van der Waals surface area contributed by atoms with Crippen molar-refractivity contribution >= 4 is 5.65 Å². The van der Waals surface area contributed by atoms with E-state index in [1.54, 1.807) is 0 Å². The average molecular weight is 339 g/mol. The van der Waals surface area contributed by atoms with E-state index in [9.17, 15) is 0 Å². The van der Waals surface area contributed by atoms with Crippen LogP contribution < -0.4 is 5.32 Å². The van der Waals surface area contributed by atoms with Gasteiger partial charge < -0.3 is 14.2 Å². The van der Waals surface area contributed by atoms with Crippen LogP contribution >= 0.6 is 0 Å². The molecule has 132 valence electrons. The van der Waals surface area contributed by atoms with Crippen LogP contribution in [0, 0.1) is 6.92 Å². The molecule has 3 aromatic rings. The van der Waals surface area contributed by atoms with Gasteiger partial charge in [0.1, 0.15) is 5.65 Å². The van der Waals surface area contributed by atoms with E-state index in [0.29, 0.717) is 18.4 Å². The molecule has 1 fully saturated rings. The van der Waals surface area contributed by atoms with E-state index in [0.717, 1.165) is 17.2 Å². The lowest BCUT2D eigenvalue weighted by molar-refractivity contribution is 0.328. The molecule has 0 aromatic carbocycles. The Hall–Kier alpha value is -2.21. The molecule has 4 rings (SSSR count). The predicted octanol–water partition coefficient (Wildman–Crippen LogP) is 3.92. The average Bonchev–Trinajstić information content (AvgIpc) is 3.29. The highest BCUT2D eigenvalue weighted by Crippen LogP contribution is 2.31. The number of hydrogen-bond acceptors (Lipinski definition) is 5. The van der Waals surface area contributed by atoms with Crippen molar-refractivity contribution in [2.45, 2.75) is 64.5 Å². The lowest BCUT2D eigenvalue weighted by atomic mass is 9.89. The van der Waals surface area contributed by atoms with Crippen molar-refractivity contribution < 1.29 is 4.52 Å². The summed E-state index contributed by atoms with van der Waals surface area (Å²) in [7, 11) is 0. The maximum absolute atomic E-state index is 5.51. The molecule has 1 saturated carbocycles. The summed E-state index contributed by atoms with van der Waals surface area (Å²) in [5, 5.41) is 7.70. The third-order valence-electron chi connectivity index (χ3n) is 5.20. The Morgan fingerprint density at radius 2 is 2.16 bits per heavy atom. The number of aromatic nitrogens is 4. The summed E-state index contributed by atoms with van der Waals surface area (Å²) >= 11 is 0. The van der Waals surface area contributed by atoms with Gasteiger partial charge in [-0.25, -0.2) is 4.98 Å². The Morgan fingerprint density at radius 1 is 1.32 bits per heavy atom. The van der Waals surface area contributed by atoms with E-state index in [1.807, 2.05) is 18.5 Å². The van der Waals surface area contributed by atoms with Crippen molar-refractivity contribution in [3.8, 4) is 0 Å². The molecule has 0 spiro atoms. The normalized spacial score (nSPS) is 17.2. The van der Waals surface area contributed by atoms with Gasteiger partial charge in [-0.2, -0.15) is 4.98 Å². The van der Waals surface area contributed by atoms with Crippen LogP contribution in [0.15, 0.2) is 29.0 Å². The zero-order valence-electron chi connectivity index (χ0n) is 14.9. The van der Waals surface area contributed by atoms with Crippen molar-refractivity contribution in [1.82, 2.24) is 24.8 Å². The minimum atomic E-state index is 0.0141. The van der Waals surface area contributed by atoms with Crippen LogP contribution in [0.3, 0.4) is 0 Å². The van der Waals surface area contributed by atoms with Crippen molar-refractivity contribution in [3.05, 3.63) is 47.5 Å². The van der Waals surface area contributed by atoms with Gasteiger partial charge in [0.15, 0.2) is 5.82 Å². The van der Waals surface area contributed by atoms with Crippen LogP contribution in [0.5, 0.6) is 0 Å². The minimum Gasteiger partial charge on any atom is -0.338 e. The highest BCUT2D eigenvalue weighted by Gasteiger charge is 2.22. The molecule has 3 heterocycles. The maximum atomic E-state index is 5.51. The third-order valence-corrected chi connectivity index (χ3v) is 5.20. The van der Waals surface area contributed by atoms with E-state index in [4.69, 9.17) is 4.52 Å². The summed E-state index contributed by atoms with van der Waals surface area (Å²) in [4.78, 5) is 9.15. The first-order valence-electron chi connectivity index (χ1n) is 9.21. The molecular weight excluding hydrogens is 314 g/mol. The molecule has 1 aliphatic carbocycles. The quantitative estimate of drug-likeness (QED) is 0.763. The summed E-state index contributed by atoms with van der Waals surface area (Å²) in [6.07, 6.45) is 10.2. The third kappa shape index (κ3) is 3.31. The van der Waals surface area contributed by atoms with Crippen LogP contribution in [0.25, 0.3) is 5.65 Å². The lowest BCUT2D eigenvalue weighted by Gasteiger charge is -2.17. The summed E-state index contributed by atoms with van der Waals surface area (Å²) in [6.45, 7) is 4.84. The molecule has 0 saturated heterocycles. The summed E-state index contributed by atoms with van der Waals surface area (Å²) in [5.41, 5.74) is 3.30. The fraction of sp³-hybridized carbons (Fsp3) is 0.526. The highest BCUT2D eigenvalue weighted by molar-refractivity contribution is 5.48. The standard InChI is InChI=1S/C19H25N5O/c1-13-7-6-10-24-16(12-21-18(13)24)11-20-14(2)19-22-17(23-25-19)15-8-4-3-5-9-15/h6-7,10,12,14-15,20H,3-5,8-9,11H2,1-2H3. The van der Waals surface area contributed by atoms with E-state index < -0.39 is 0 Å². The summed E-state index contributed by atoms with van der Waals surface area (Å²) in [5.74, 6) is 2.03. The highest BCUT2D eigenvalue weighted by atomic mass is 16.5. The number of hydrogen-bond donors (Lipinski definition) is 1. The van der Waals surface area contributed by atoms with Crippen LogP contribution in [-0.2, 0) is 6.54 Å². The molecule has 0 bridgehead atoms. The van der Waals surface area contributed by atoms with Crippen molar-refractivity contribution in [1.29, 1.82) is 0 Å². The van der Waals surface area contributed by atoms with Gasteiger partial charge in [-0.05, 0) is 38.3 Å². The van der Waals surface area contributed by atoms with Gasteiger partial charge in [-0.1, -0.05) is 30.5 Å². The SMILES string of the molecule is Cc1cccn2c(CNC(C)c3nc(C4CCCCC4)no3)cnc12. The number of imidazole rings is 1. The molecule has 6 nitrogen and oxygen atoms in total. The number of fused-ring (bicyclic) bond motifs is 1. The minimum absolute atomic E-state index is 0.0141. The second-order valence-corrected chi connectivity index (χ2v) is 7.06. The number of pyridine rings is 1. The molecular formula is C19H25N5O. The van der Waals surface area contributed by atoms with Gasteiger partial charge in [-0.3, -0.25) is 0 Å². The molecule has 1 aliphatic rings. The van der Waals surface area contributed by atoms with E-state index in [1.165, 1.54) is 37.7 Å². The van der Waals surface area contributed by atoms with Crippen molar-refractivity contribution in [2.24, 2.45) is 0 Å². The van der Waals surface area contributed by atoms with Gasteiger partial charge in [0.25, 0.3) is 0 Å². The second-order valence-electron chi connectivity index (χ2n) is 7.06. The fourth-order valence-corrected chi connectivity index (χ4v) is 3.63. The first-order chi connectivity index (χ1) is 12.2. The molecule has 25 heavy (non-hydrogen) atoms. The number of nitrogens with one attached hydrogen (secondary N) is 1. The molecule has 1 N–H and O–H groups in total. The second kappa shape index (κ2) is 6.96. The first-order valence-corrected chi connectivity index (χ1v) is 9.21. The molecule has 1 unspecified atom stereocenters. The number of aryl methyl sites for hydroxylation is 1. The van der Waals surface area contributed by atoms with E-state index in [-0.39, 0.29) is 6.04 Å². The lowest BCUT2D eigenvalue weighted by Crippen LogP contribution is -2.19. The zero-order valence-corrected chi connectivity index (χ0v) is 14.9. The largest absolute Gasteiger partial charge is 0.338 e. The molecule has 6 heteroatoms. The number of rotatable bonds is 5. The molecule has 0 radical (unpaired) electrons. The molecule has 0 aliphatic heterocycles. The fourth-order valence-electron chi connectivity index (χ4n) is 3.63. The topological polar surface area (TPSA) is 68.2 Å². The molecule has 1 atom stereocenters. The monoisotopic (exact) mass is 339 g/mol. The van der Waals surface area contributed by atoms with Crippen LogP contribution in [-0.4, -0.2) is 19.5 Å². The van der Waals surface area contributed by atoms with E-state index >= 15 is 0 Å². The van der Waals surface area contributed by atoms with E-state index in [2.05, 4.69) is 44.8 Å². The Balaban J connectivity index is 1.42. The Bertz CT molecular complexity index is 846.